The van der Waals surface area contributed by atoms with E-state index in [4.69, 9.17) is 10.8 Å². The van der Waals surface area contributed by atoms with Gasteiger partial charge < -0.3 is 10.8 Å². The van der Waals surface area contributed by atoms with E-state index in [2.05, 4.69) is 4.98 Å². The zero-order valence-corrected chi connectivity index (χ0v) is 6.64. The Bertz CT molecular complexity index is 475. The van der Waals surface area contributed by atoms with Crippen molar-refractivity contribution in [2.45, 2.75) is 0 Å². The summed E-state index contributed by atoms with van der Waals surface area (Å²) < 4.78 is 1.10. The van der Waals surface area contributed by atoms with Crippen LogP contribution in [0.2, 0.25) is 0 Å². The van der Waals surface area contributed by atoms with Gasteiger partial charge in [0.1, 0.15) is 5.82 Å². The van der Waals surface area contributed by atoms with Gasteiger partial charge in [-0.25, -0.2) is 9.78 Å². The lowest BCUT2D eigenvalue weighted by Crippen LogP contribution is -2.05. The molecule has 0 unspecified atom stereocenters. The van der Waals surface area contributed by atoms with Crippen LogP contribution in [-0.2, 0) is 0 Å². The van der Waals surface area contributed by atoms with Crippen molar-refractivity contribution in [3.05, 3.63) is 24.4 Å². The number of fused-ring (bicyclic) bond motifs is 1. The van der Waals surface area contributed by atoms with Gasteiger partial charge in [0.25, 0.3) is 0 Å². The lowest BCUT2D eigenvalue weighted by Gasteiger charge is -1.96. The molecule has 0 aliphatic rings. The van der Waals surface area contributed by atoms with Crippen LogP contribution in [0.3, 0.4) is 0 Å². The molecule has 0 fully saturated rings. The minimum Gasteiger partial charge on any atom is -0.464 e. The van der Waals surface area contributed by atoms with Crippen LogP contribution in [-0.4, -0.2) is 20.8 Å². The molecular weight excluding hydrogens is 170 g/mol. The molecule has 5 nitrogen and oxygen atoms in total. The predicted molar refractivity (Wildman–Crippen MR) is 47.6 cm³/mol. The first kappa shape index (κ1) is 7.60. The number of hydrogen-bond acceptors (Lipinski definition) is 3. The molecule has 5 heteroatoms. The predicted octanol–water partition coefficient (Wildman–Crippen LogP) is 1.14. The fourth-order valence-corrected chi connectivity index (χ4v) is 1.20. The minimum atomic E-state index is -1.03. The first-order valence-corrected chi connectivity index (χ1v) is 3.65. The van der Waals surface area contributed by atoms with E-state index in [-0.39, 0.29) is 0 Å². The Balaban J connectivity index is 2.76. The minimum absolute atomic E-state index is 0.385. The molecule has 0 aromatic carbocycles. The van der Waals surface area contributed by atoms with Gasteiger partial charge in [0.2, 0.25) is 0 Å². The Morgan fingerprint density at radius 1 is 1.46 bits per heavy atom. The van der Waals surface area contributed by atoms with E-state index in [1.54, 1.807) is 18.2 Å². The van der Waals surface area contributed by atoms with Crippen molar-refractivity contribution in [3.63, 3.8) is 0 Å². The van der Waals surface area contributed by atoms with Crippen LogP contribution in [0.25, 0.3) is 11.0 Å². The van der Waals surface area contributed by atoms with Crippen LogP contribution in [0.5, 0.6) is 0 Å². The molecule has 2 aromatic heterocycles. The van der Waals surface area contributed by atoms with Crippen molar-refractivity contribution in [2.75, 3.05) is 5.73 Å². The van der Waals surface area contributed by atoms with Gasteiger partial charge in [-0.2, -0.15) is 0 Å². The van der Waals surface area contributed by atoms with Crippen molar-refractivity contribution in [2.24, 2.45) is 0 Å². The molecule has 66 valence electrons. The average Bonchev–Trinajstić information content (AvgIpc) is 2.46. The molecule has 2 rings (SSSR count). The number of anilines is 1. The number of nitrogens with zero attached hydrogens (tertiary/aromatic N) is 2. The Labute approximate surface area is 73.4 Å². The van der Waals surface area contributed by atoms with Gasteiger partial charge in [0.15, 0.2) is 0 Å². The van der Waals surface area contributed by atoms with E-state index in [0.29, 0.717) is 16.9 Å². The topological polar surface area (TPSA) is 81.1 Å². The highest BCUT2D eigenvalue weighted by atomic mass is 16.4. The number of nitrogen functional groups attached to an aromatic ring is 1. The summed E-state index contributed by atoms with van der Waals surface area (Å²) in [6.07, 6.45) is 0.418. The van der Waals surface area contributed by atoms with Crippen molar-refractivity contribution in [1.82, 2.24) is 9.55 Å². The van der Waals surface area contributed by atoms with E-state index in [1.807, 2.05) is 0 Å². The summed E-state index contributed by atoms with van der Waals surface area (Å²) in [5.41, 5.74) is 6.57. The Hall–Kier alpha value is -2.04. The molecule has 2 aromatic rings. The fourth-order valence-electron chi connectivity index (χ4n) is 1.20. The molecular formula is C8H7N3O2. The van der Waals surface area contributed by atoms with Crippen molar-refractivity contribution < 1.29 is 9.90 Å². The molecule has 0 aliphatic heterocycles. The lowest BCUT2D eigenvalue weighted by molar-refractivity contribution is 0.197. The zero-order chi connectivity index (χ0) is 9.42. The lowest BCUT2D eigenvalue weighted by atomic mass is 10.4. The highest BCUT2D eigenvalue weighted by molar-refractivity contribution is 5.87. The third-order valence-electron chi connectivity index (χ3n) is 1.77. The molecule has 0 saturated carbocycles. The normalized spacial score (nSPS) is 10.5. The van der Waals surface area contributed by atoms with Gasteiger partial charge in [-0.3, -0.25) is 4.57 Å². The maximum absolute atomic E-state index is 10.7. The quantitative estimate of drug-likeness (QED) is 0.632. The maximum Gasteiger partial charge on any atom is 0.416 e. The van der Waals surface area contributed by atoms with Crippen LogP contribution in [0, 0.1) is 0 Å². The fraction of sp³-hybridized carbons (Fsp3) is 0. The van der Waals surface area contributed by atoms with Gasteiger partial charge in [-0.15, -0.1) is 0 Å². The summed E-state index contributed by atoms with van der Waals surface area (Å²) >= 11 is 0. The van der Waals surface area contributed by atoms with Crippen molar-refractivity contribution in [3.8, 4) is 0 Å². The molecule has 3 N–H and O–H groups in total. The standard InChI is InChI=1S/C8H7N3O2/c9-7-2-1-6-5(10-7)3-4-11(6)8(12)13/h1-4H,(H2,9,10)(H,12,13). The molecule has 0 aliphatic carbocycles. The van der Waals surface area contributed by atoms with Crippen molar-refractivity contribution >= 4 is 22.9 Å². The van der Waals surface area contributed by atoms with Gasteiger partial charge in [0, 0.05) is 6.20 Å². The number of nitrogens with two attached hydrogens (primary N) is 1. The van der Waals surface area contributed by atoms with E-state index >= 15 is 0 Å². The summed E-state index contributed by atoms with van der Waals surface area (Å²) in [5.74, 6) is 0.385. The summed E-state index contributed by atoms with van der Waals surface area (Å²) in [5, 5.41) is 8.74. The van der Waals surface area contributed by atoms with Gasteiger partial charge >= 0.3 is 6.09 Å². The summed E-state index contributed by atoms with van der Waals surface area (Å²) in [6, 6.07) is 4.81. The molecule has 0 saturated heterocycles. The number of carboxylic acid groups (broad SMARTS) is 1. The molecule has 0 amide bonds. The molecule has 0 bridgehead atoms. The Morgan fingerprint density at radius 3 is 2.92 bits per heavy atom. The van der Waals surface area contributed by atoms with Crippen LogP contribution in [0.4, 0.5) is 10.6 Å². The number of aromatic nitrogens is 2. The average molecular weight is 177 g/mol. The number of pyridine rings is 1. The molecule has 0 spiro atoms. The Morgan fingerprint density at radius 2 is 2.23 bits per heavy atom. The summed E-state index contributed by atoms with van der Waals surface area (Å²) in [7, 11) is 0. The Kier molecular flexibility index (Phi) is 1.45. The molecule has 0 radical (unpaired) electrons. The first-order chi connectivity index (χ1) is 6.18. The van der Waals surface area contributed by atoms with E-state index in [9.17, 15) is 4.79 Å². The molecule has 0 atom stereocenters. The van der Waals surface area contributed by atoms with Crippen LogP contribution < -0.4 is 5.73 Å². The number of rotatable bonds is 0. The largest absolute Gasteiger partial charge is 0.464 e. The smallest absolute Gasteiger partial charge is 0.416 e. The second kappa shape index (κ2) is 2.48. The van der Waals surface area contributed by atoms with Crippen molar-refractivity contribution in [1.29, 1.82) is 0 Å². The van der Waals surface area contributed by atoms with E-state index in [0.717, 1.165) is 4.57 Å². The highest BCUT2D eigenvalue weighted by Crippen LogP contribution is 2.14. The third-order valence-corrected chi connectivity index (χ3v) is 1.77. The molecule has 2 heterocycles. The van der Waals surface area contributed by atoms with Gasteiger partial charge in [-0.05, 0) is 18.2 Å². The SMILES string of the molecule is Nc1ccc2c(ccn2C(=O)O)n1. The zero-order valence-electron chi connectivity index (χ0n) is 6.64. The monoisotopic (exact) mass is 177 g/mol. The third kappa shape index (κ3) is 1.10. The first-order valence-electron chi connectivity index (χ1n) is 3.65. The van der Waals surface area contributed by atoms with E-state index < -0.39 is 6.09 Å². The van der Waals surface area contributed by atoms with Crippen LogP contribution >= 0.6 is 0 Å². The second-order valence-corrected chi connectivity index (χ2v) is 2.61. The summed E-state index contributed by atoms with van der Waals surface area (Å²) in [6.45, 7) is 0. The van der Waals surface area contributed by atoms with Crippen LogP contribution in [0.1, 0.15) is 0 Å². The second-order valence-electron chi connectivity index (χ2n) is 2.61. The van der Waals surface area contributed by atoms with E-state index in [1.165, 1.54) is 6.20 Å². The highest BCUT2D eigenvalue weighted by Gasteiger charge is 2.06. The summed E-state index contributed by atoms with van der Waals surface area (Å²) in [4.78, 5) is 14.6. The van der Waals surface area contributed by atoms with Gasteiger partial charge in [0.05, 0.1) is 11.0 Å². The molecule has 13 heavy (non-hydrogen) atoms. The van der Waals surface area contributed by atoms with Gasteiger partial charge in [-0.1, -0.05) is 0 Å². The maximum atomic E-state index is 10.7. The van der Waals surface area contributed by atoms with Crippen LogP contribution in [0.15, 0.2) is 24.4 Å². The number of hydrogen-bond donors (Lipinski definition) is 2. The number of carbonyl (C=O) groups is 1.